The van der Waals surface area contributed by atoms with Crippen molar-refractivity contribution in [1.29, 1.82) is 0 Å². The summed E-state index contributed by atoms with van der Waals surface area (Å²) < 4.78 is 18.3. The molecule has 0 aliphatic carbocycles. The summed E-state index contributed by atoms with van der Waals surface area (Å²) in [6, 6.07) is 0. The first-order valence-corrected chi connectivity index (χ1v) is 7.91. The van der Waals surface area contributed by atoms with Crippen LogP contribution in [0.5, 0.6) is 0 Å². The number of imidazole rings is 1. The van der Waals surface area contributed by atoms with E-state index in [1.807, 2.05) is 20.8 Å². The van der Waals surface area contributed by atoms with Crippen LogP contribution < -0.4 is 5.32 Å². The van der Waals surface area contributed by atoms with Gasteiger partial charge in [0, 0.05) is 25.1 Å². The van der Waals surface area contributed by atoms with E-state index in [1.165, 1.54) is 0 Å². The molecule has 2 aromatic heterocycles. The summed E-state index contributed by atoms with van der Waals surface area (Å²) >= 11 is 0. The number of nitrogens with one attached hydrogen (secondary N) is 1. The van der Waals surface area contributed by atoms with Gasteiger partial charge in [-0.3, -0.25) is 0 Å². The van der Waals surface area contributed by atoms with Crippen LogP contribution in [0.2, 0.25) is 0 Å². The zero-order chi connectivity index (χ0) is 17.4. The minimum atomic E-state index is -0.597. The standard InChI is InChI=1S/C16H22N4O4/c1-5-22-14(21)11-8-20-7-6-17-12(13(20)19-11)18-9-16(4)10-23-15(2,3)24-16/h6-8H,5,9-10H2,1-4H3,(H,17,18). The average Bonchev–Trinajstić information content (AvgIpc) is 3.07. The number of aromatic nitrogens is 3. The lowest BCUT2D eigenvalue weighted by Crippen LogP contribution is -2.38. The molecule has 24 heavy (non-hydrogen) atoms. The number of anilines is 1. The topological polar surface area (TPSA) is 87.0 Å². The smallest absolute Gasteiger partial charge is 0.358 e. The molecule has 0 spiro atoms. The monoisotopic (exact) mass is 334 g/mol. The maximum Gasteiger partial charge on any atom is 0.358 e. The maximum absolute atomic E-state index is 11.8. The van der Waals surface area contributed by atoms with E-state index in [9.17, 15) is 4.79 Å². The third-order valence-corrected chi connectivity index (χ3v) is 3.71. The predicted molar refractivity (Wildman–Crippen MR) is 87.0 cm³/mol. The molecule has 1 aliphatic heterocycles. The third-order valence-electron chi connectivity index (χ3n) is 3.71. The van der Waals surface area contributed by atoms with E-state index in [4.69, 9.17) is 14.2 Å². The van der Waals surface area contributed by atoms with Crippen LogP contribution in [-0.4, -0.2) is 51.5 Å². The molecular formula is C16H22N4O4. The van der Waals surface area contributed by atoms with Crippen molar-refractivity contribution >= 4 is 17.4 Å². The molecule has 3 rings (SSSR count). The summed E-state index contributed by atoms with van der Waals surface area (Å²) in [5.74, 6) is -0.476. The zero-order valence-electron chi connectivity index (χ0n) is 14.3. The Morgan fingerprint density at radius 1 is 1.46 bits per heavy atom. The number of carbonyl (C=O) groups is 1. The summed E-state index contributed by atoms with van der Waals surface area (Å²) in [4.78, 5) is 20.5. The van der Waals surface area contributed by atoms with Crippen LogP contribution in [0.4, 0.5) is 5.82 Å². The summed E-state index contributed by atoms with van der Waals surface area (Å²) in [5, 5.41) is 3.24. The van der Waals surface area contributed by atoms with Crippen LogP contribution in [0.15, 0.2) is 18.6 Å². The van der Waals surface area contributed by atoms with Gasteiger partial charge in [0.25, 0.3) is 0 Å². The van der Waals surface area contributed by atoms with E-state index >= 15 is 0 Å². The molecule has 0 radical (unpaired) electrons. The second kappa shape index (κ2) is 6.03. The molecule has 0 aromatic carbocycles. The first-order chi connectivity index (χ1) is 11.3. The number of hydrogen-bond donors (Lipinski definition) is 1. The van der Waals surface area contributed by atoms with Gasteiger partial charge in [-0.2, -0.15) is 0 Å². The summed E-state index contributed by atoms with van der Waals surface area (Å²) in [6.45, 7) is 8.80. The van der Waals surface area contributed by atoms with E-state index in [0.29, 0.717) is 31.2 Å². The Labute approximate surface area is 140 Å². The quantitative estimate of drug-likeness (QED) is 0.835. The lowest BCUT2D eigenvalue weighted by atomic mass is 10.1. The van der Waals surface area contributed by atoms with E-state index in [-0.39, 0.29) is 5.69 Å². The highest BCUT2D eigenvalue weighted by Gasteiger charge is 2.41. The molecule has 1 unspecified atom stereocenters. The molecule has 0 bridgehead atoms. The van der Waals surface area contributed by atoms with Crippen molar-refractivity contribution in [3.8, 4) is 0 Å². The molecule has 0 saturated carbocycles. The number of ether oxygens (including phenoxy) is 3. The minimum absolute atomic E-state index is 0.251. The molecular weight excluding hydrogens is 312 g/mol. The van der Waals surface area contributed by atoms with Gasteiger partial charge < -0.3 is 23.9 Å². The second-order valence-corrected chi connectivity index (χ2v) is 6.45. The number of esters is 1. The Bertz CT molecular complexity index is 758. The predicted octanol–water partition coefficient (Wildman–Crippen LogP) is 1.86. The molecule has 8 heteroatoms. The number of nitrogens with zero attached hydrogens (tertiary/aromatic N) is 3. The van der Waals surface area contributed by atoms with E-state index < -0.39 is 17.4 Å². The molecule has 1 aliphatic rings. The fraction of sp³-hybridized carbons (Fsp3) is 0.562. The number of hydrogen-bond acceptors (Lipinski definition) is 7. The van der Waals surface area contributed by atoms with Gasteiger partial charge >= 0.3 is 5.97 Å². The van der Waals surface area contributed by atoms with Crippen LogP contribution in [0.25, 0.3) is 5.65 Å². The molecule has 1 N–H and O–H groups in total. The average molecular weight is 334 g/mol. The first kappa shape index (κ1) is 16.7. The second-order valence-electron chi connectivity index (χ2n) is 6.45. The van der Waals surface area contributed by atoms with Crippen LogP contribution in [0, 0.1) is 0 Å². The highest BCUT2D eigenvalue weighted by atomic mass is 16.8. The van der Waals surface area contributed by atoms with Crippen molar-refractivity contribution in [3.63, 3.8) is 0 Å². The summed E-state index contributed by atoms with van der Waals surface area (Å²) in [6.07, 6.45) is 5.00. The number of fused-ring (bicyclic) bond motifs is 1. The van der Waals surface area contributed by atoms with E-state index in [0.717, 1.165) is 0 Å². The van der Waals surface area contributed by atoms with Gasteiger partial charge in [0.15, 0.2) is 22.9 Å². The van der Waals surface area contributed by atoms with Gasteiger partial charge in [-0.05, 0) is 27.7 Å². The number of carbonyl (C=O) groups excluding carboxylic acids is 1. The van der Waals surface area contributed by atoms with Gasteiger partial charge in [0.05, 0.1) is 13.2 Å². The van der Waals surface area contributed by atoms with Crippen molar-refractivity contribution in [1.82, 2.24) is 14.4 Å². The zero-order valence-corrected chi connectivity index (χ0v) is 14.3. The lowest BCUT2D eigenvalue weighted by molar-refractivity contribution is -0.154. The van der Waals surface area contributed by atoms with Gasteiger partial charge in [-0.1, -0.05) is 0 Å². The SMILES string of the molecule is CCOC(=O)c1cn2ccnc(NCC3(C)COC(C)(C)O3)c2n1. The normalized spacial score (nSPS) is 22.7. The highest BCUT2D eigenvalue weighted by Crippen LogP contribution is 2.30. The number of rotatable bonds is 5. The third kappa shape index (κ3) is 3.34. The molecule has 1 atom stereocenters. The van der Waals surface area contributed by atoms with E-state index in [1.54, 1.807) is 29.9 Å². The van der Waals surface area contributed by atoms with Gasteiger partial charge in [-0.15, -0.1) is 0 Å². The largest absolute Gasteiger partial charge is 0.461 e. The Morgan fingerprint density at radius 2 is 2.25 bits per heavy atom. The Morgan fingerprint density at radius 3 is 2.92 bits per heavy atom. The molecule has 1 fully saturated rings. The van der Waals surface area contributed by atoms with E-state index in [2.05, 4.69) is 15.3 Å². The molecule has 2 aromatic rings. The Hall–Kier alpha value is -2.19. The van der Waals surface area contributed by atoms with Crippen LogP contribution in [0.3, 0.4) is 0 Å². The fourth-order valence-corrected chi connectivity index (χ4v) is 2.68. The van der Waals surface area contributed by atoms with Gasteiger partial charge in [0.2, 0.25) is 0 Å². The van der Waals surface area contributed by atoms with Crippen molar-refractivity contribution in [2.24, 2.45) is 0 Å². The highest BCUT2D eigenvalue weighted by molar-refractivity contribution is 5.88. The summed E-state index contributed by atoms with van der Waals surface area (Å²) in [5.41, 5.74) is 0.345. The van der Waals surface area contributed by atoms with Gasteiger partial charge in [0.1, 0.15) is 5.60 Å². The van der Waals surface area contributed by atoms with Crippen LogP contribution in [0.1, 0.15) is 38.2 Å². The first-order valence-electron chi connectivity index (χ1n) is 7.91. The molecule has 1 saturated heterocycles. The summed E-state index contributed by atoms with van der Waals surface area (Å²) in [7, 11) is 0. The molecule has 130 valence electrons. The molecule has 3 heterocycles. The van der Waals surface area contributed by atoms with Crippen molar-refractivity contribution in [2.45, 2.75) is 39.1 Å². The van der Waals surface area contributed by atoms with Crippen molar-refractivity contribution in [3.05, 3.63) is 24.3 Å². The Kier molecular flexibility index (Phi) is 4.18. The van der Waals surface area contributed by atoms with Gasteiger partial charge in [-0.25, -0.2) is 14.8 Å². The van der Waals surface area contributed by atoms with Crippen molar-refractivity contribution in [2.75, 3.05) is 25.1 Å². The maximum atomic E-state index is 11.8. The Balaban J connectivity index is 1.79. The fourth-order valence-electron chi connectivity index (χ4n) is 2.68. The molecule has 0 amide bonds. The van der Waals surface area contributed by atoms with Crippen LogP contribution in [-0.2, 0) is 14.2 Å². The van der Waals surface area contributed by atoms with Crippen LogP contribution >= 0.6 is 0 Å². The lowest BCUT2D eigenvalue weighted by Gasteiger charge is -2.25. The van der Waals surface area contributed by atoms with Crippen molar-refractivity contribution < 1.29 is 19.0 Å². The molecule has 8 nitrogen and oxygen atoms in total. The minimum Gasteiger partial charge on any atom is -0.461 e.